The van der Waals surface area contributed by atoms with Crippen LogP contribution in [0.2, 0.25) is 0 Å². The van der Waals surface area contributed by atoms with Crippen LogP contribution in [0.25, 0.3) is 0 Å². The predicted octanol–water partition coefficient (Wildman–Crippen LogP) is 1.62. The molecule has 1 heterocycles. The van der Waals surface area contributed by atoms with Gasteiger partial charge in [0.2, 0.25) is 0 Å². The fourth-order valence-electron chi connectivity index (χ4n) is 1.40. The molecule has 1 aromatic heterocycles. The van der Waals surface area contributed by atoms with Crippen molar-refractivity contribution in [3.05, 3.63) is 29.6 Å². The van der Waals surface area contributed by atoms with E-state index in [-0.39, 0.29) is 5.56 Å². The molecule has 0 spiro atoms. The van der Waals surface area contributed by atoms with Crippen molar-refractivity contribution in [1.82, 2.24) is 9.88 Å². The van der Waals surface area contributed by atoms with E-state index in [1.807, 2.05) is 0 Å². The minimum absolute atomic E-state index is 0.250. The lowest BCUT2D eigenvalue weighted by Crippen LogP contribution is -2.22. The SMILES string of the molecule is CCN(CC)Cc1cncc(C(=O)O)c1. The maximum Gasteiger partial charge on any atom is 0.337 e. The molecule has 4 heteroatoms. The van der Waals surface area contributed by atoms with E-state index in [0.717, 1.165) is 25.2 Å². The molecule has 0 aliphatic carbocycles. The first-order valence-electron chi connectivity index (χ1n) is 5.07. The zero-order valence-electron chi connectivity index (χ0n) is 9.10. The van der Waals surface area contributed by atoms with Crippen LogP contribution in [-0.2, 0) is 6.54 Å². The molecular formula is C11H16N2O2. The lowest BCUT2D eigenvalue weighted by molar-refractivity contribution is 0.0696. The molecule has 15 heavy (non-hydrogen) atoms. The summed E-state index contributed by atoms with van der Waals surface area (Å²) in [5.74, 6) is -0.927. The van der Waals surface area contributed by atoms with Gasteiger partial charge in [0.15, 0.2) is 0 Å². The van der Waals surface area contributed by atoms with Gasteiger partial charge < -0.3 is 5.11 Å². The molecule has 0 amide bonds. The zero-order chi connectivity index (χ0) is 11.3. The summed E-state index contributed by atoms with van der Waals surface area (Å²) in [5.41, 5.74) is 1.19. The molecule has 0 aromatic carbocycles. The monoisotopic (exact) mass is 208 g/mol. The Hall–Kier alpha value is -1.42. The number of rotatable bonds is 5. The second kappa shape index (κ2) is 5.46. The van der Waals surface area contributed by atoms with Crippen molar-refractivity contribution in [1.29, 1.82) is 0 Å². The molecule has 0 saturated heterocycles. The van der Waals surface area contributed by atoms with Gasteiger partial charge in [-0.15, -0.1) is 0 Å². The lowest BCUT2D eigenvalue weighted by atomic mass is 10.2. The van der Waals surface area contributed by atoms with Crippen molar-refractivity contribution in [2.75, 3.05) is 13.1 Å². The summed E-state index contributed by atoms with van der Waals surface area (Å²) in [6.45, 7) is 6.82. The van der Waals surface area contributed by atoms with E-state index in [1.165, 1.54) is 6.20 Å². The molecule has 0 saturated carbocycles. The summed E-state index contributed by atoms with van der Waals surface area (Å²) in [5, 5.41) is 8.80. The molecular weight excluding hydrogens is 192 g/mol. The fraction of sp³-hybridized carbons (Fsp3) is 0.455. The van der Waals surface area contributed by atoms with Crippen LogP contribution in [0.15, 0.2) is 18.5 Å². The largest absolute Gasteiger partial charge is 0.478 e. The second-order valence-corrected chi connectivity index (χ2v) is 3.35. The van der Waals surface area contributed by atoms with Gasteiger partial charge >= 0.3 is 5.97 Å². The highest BCUT2D eigenvalue weighted by atomic mass is 16.4. The maximum atomic E-state index is 10.7. The highest BCUT2D eigenvalue weighted by molar-refractivity contribution is 5.87. The van der Waals surface area contributed by atoms with Crippen LogP contribution in [0.1, 0.15) is 29.8 Å². The number of carboxylic acids is 1. The van der Waals surface area contributed by atoms with Gasteiger partial charge in [-0.2, -0.15) is 0 Å². The van der Waals surface area contributed by atoms with Gasteiger partial charge in [0.05, 0.1) is 5.56 Å². The first-order valence-corrected chi connectivity index (χ1v) is 5.07. The van der Waals surface area contributed by atoms with E-state index in [2.05, 4.69) is 23.7 Å². The standard InChI is InChI=1S/C11H16N2O2/c1-3-13(4-2)8-9-5-10(11(14)15)7-12-6-9/h5-7H,3-4,8H2,1-2H3,(H,14,15). The molecule has 1 N–H and O–H groups in total. The highest BCUT2D eigenvalue weighted by Crippen LogP contribution is 2.06. The highest BCUT2D eigenvalue weighted by Gasteiger charge is 2.06. The predicted molar refractivity (Wildman–Crippen MR) is 57.8 cm³/mol. The van der Waals surface area contributed by atoms with Crippen LogP contribution < -0.4 is 0 Å². The van der Waals surface area contributed by atoms with Crippen molar-refractivity contribution in [3.8, 4) is 0 Å². The Morgan fingerprint density at radius 2 is 2.07 bits per heavy atom. The molecule has 0 fully saturated rings. The van der Waals surface area contributed by atoms with Crippen LogP contribution in [0.3, 0.4) is 0 Å². The third kappa shape index (κ3) is 3.32. The molecule has 0 aliphatic rings. The minimum atomic E-state index is -0.927. The van der Waals surface area contributed by atoms with Crippen molar-refractivity contribution in [2.45, 2.75) is 20.4 Å². The molecule has 0 bridgehead atoms. The number of hydrogen-bond acceptors (Lipinski definition) is 3. The van der Waals surface area contributed by atoms with Gasteiger partial charge in [-0.3, -0.25) is 9.88 Å². The van der Waals surface area contributed by atoms with Crippen molar-refractivity contribution in [2.24, 2.45) is 0 Å². The third-order valence-electron chi connectivity index (χ3n) is 2.34. The van der Waals surface area contributed by atoms with Crippen LogP contribution in [-0.4, -0.2) is 34.0 Å². The van der Waals surface area contributed by atoms with Gasteiger partial charge in [-0.05, 0) is 24.7 Å². The number of pyridine rings is 1. The van der Waals surface area contributed by atoms with E-state index in [9.17, 15) is 4.79 Å². The average molecular weight is 208 g/mol. The topological polar surface area (TPSA) is 53.4 Å². The van der Waals surface area contributed by atoms with Crippen LogP contribution in [0.4, 0.5) is 0 Å². The van der Waals surface area contributed by atoms with Crippen LogP contribution in [0.5, 0.6) is 0 Å². The van der Waals surface area contributed by atoms with Crippen molar-refractivity contribution < 1.29 is 9.90 Å². The van der Waals surface area contributed by atoms with Gasteiger partial charge in [-0.25, -0.2) is 4.79 Å². The van der Waals surface area contributed by atoms with Gasteiger partial charge in [0.1, 0.15) is 0 Å². The lowest BCUT2D eigenvalue weighted by Gasteiger charge is -2.17. The van der Waals surface area contributed by atoms with Crippen molar-refractivity contribution in [3.63, 3.8) is 0 Å². The Bertz CT molecular complexity index is 335. The molecule has 0 unspecified atom stereocenters. The molecule has 0 aliphatic heterocycles. The number of nitrogens with zero attached hydrogens (tertiary/aromatic N) is 2. The van der Waals surface area contributed by atoms with E-state index in [4.69, 9.17) is 5.11 Å². The minimum Gasteiger partial charge on any atom is -0.478 e. The van der Waals surface area contributed by atoms with E-state index < -0.39 is 5.97 Å². The van der Waals surface area contributed by atoms with Crippen molar-refractivity contribution >= 4 is 5.97 Å². The third-order valence-corrected chi connectivity index (χ3v) is 2.34. The summed E-state index contributed by atoms with van der Waals surface area (Å²) in [7, 11) is 0. The molecule has 0 radical (unpaired) electrons. The average Bonchev–Trinajstić information content (AvgIpc) is 2.26. The Kier molecular flexibility index (Phi) is 4.24. The van der Waals surface area contributed by atoms with E-state index in [0.29, 0.717) is 0 Å². The molecule has 1 aromatic rings. The van der Waals surface area contributed by atoms with Crippen LogP contribution in [0, 0.1) is 0 Å². The Morgan fingerprint density at radius 3 is 2.60 bits per heavy atom. The second-order valence-electron chi connectivity index (χ2n) is 3.35. The first-order chi connectivity index (χ1) is 7.17. The number of aromatic carboxylic acids is 1. The Labute approximate surface area is 89.6 Å². The normalized spacial score (nSPS) is 10.6. The number of aromatic nitrogens is 1. The molecule has 1 rings (SSSR count). The van der Waals surface area contributed by atoms with Gasteiger partial charge in [0.25, 0.3) is 0 Å². The van der Waals surface area contributed by atoms with E-state index in [1.54, 1.807) is 12.3 Å². The fourth-order valence-corrected chi connectivity index (χ4v) is 1.40. The number of carbonyl (C=O) groups is 1. The summed E-state index contributed by atoms with van der Waals surface area (Å²) in [6, 6.07) is 1.67. The zero-order valence-corrected chi connectivity index (χ0v) is 9.10. The Balaban J connectivity index is 2.77. The van der Waals surface area contributed by atoms with E-state index >= 15 is 0 Å². The number of carboxylic acid groups (broad SMARTS) is 1. The maximum absolute atomic E-state index is 10.7. The molecule has 4 nitrogen and oxygen atoms in total. The summed E-state index contributed by atoms with van der Waals surface area (Å²) in [6.07, 6.45) is 3.08. The molecule has 82 valence electrons. The smallest absolute Gasteiger partial charge is 0.337 e. The van der Waals surface area contributed by atoms with Gasteiger partial charge in [-0.1, -0.05) is 13.8 Å². The molecule has 0 atom stereocenters. The summed E-state index contributed by atoms with van der Waals surface area (Å²) in [4.78, 5) is 16.9. The first kappa shape index (κ1) is 11.7. The Morgan fingerprint density at radius 1 is 1.40 bits per heavy atom. The summed E-state index contributed by atoms with van der Waals surface area (Å²) < 4.78 is 0. The quantitative estimate of drug-likeness (QED) is 0.799. The summed E-state index contributed by atoms with van der Waals surface area (Å²) >= 11 is 0. The number of hydrogen-bond donors (Lipinski definition) is 1. The van der Waals surface area contributed by atoms with Crippen LogP contribution >= 0.6 is 0 Å². The van der Waals surface area contributed by atoms with Gasteiger partial charge in [0, 0.05) is 18.9 Å².